The molecular weight excluding hydrogens is 519 g/mol. The van der Waals surface area contributed by atoms with Crippen LogP contribution in [0.1, 0.15) is 42.2 Å². The number of aliphatic carboxylic acids is 2. The molecule has 0 spiro atoms. The number of carbonyl (C=O) groups excluding carboxylic acids is 1. The number of benzene rings is 1. The number of aromatic nitrogens is 2. The molecule has 0 bridgehead atoms. The first-order chi connectivity index (χ1) is 15.8. The zero-order valence-corrected chi connectivity index (χ0v) is 20.5. The fourth-order valence-electron chi connectivity index (χ4n) is 2.45. The Morgan fingerprint density at radius 2 is 1.79 bits per heavy atom. The fourth-order valence-corrected chi connectivity index (χ4v) is 4.52. The van der Waals surface area contributed by atoms with E-state index in [-0.39, 0.29) is 18.2 Å². The van der Waals surface area contributed by atoms with Crippen LogP contribution in [0.25, 0.3) is 5.69 Å². The molecule has 0 aliphatic rings. The first-order valence-electron chi connectivity index (χ1n) is 9.73. The van der Waals surface area contributed by atoms with E-state index < -0.39 is 18.1 Å². The molecule has 0 aliphatic carbocycles. The molecule has 34 heavy (non-hydrogen) atoms. The number of rotatable bonds is 10. The predicted molar refractivity (Wildman–Crippen MR) is 126 cm³/mol. The number of amides is 1. The number of halogens is 4. The molecule has 0 aliphatic heterocycles. The molecule has 8 nitrogen and oxygen atoms in total. The molecule has 0 unspecified atom stereocenters. The standard InChI is InChI=1S/C18H22ClN3O3S2.C2HF3O2/c1-12(2)17-15(11-21-22(17)14-5-3-4-13(19)10-14)18(25)20-7-9-27-26-8-6-16(23)24;3-2(4,5)1(6)7/h3-5,10-12H,6-9H2,1-2H3,(H,20,25)(H,23,24);(H,6,7). The summed E-state index contributed by atoms with van der Waals surface area (Å²) in [6.07, 6.45) is -3.36. The molecular formula is C20H23ClF3N3O5S2. The van der Waals surface area contributed by atoms with Gasteiger partial charge in [-0.05, 0) is 24.1 Å². The molecule has 188 valence electrons. The lowest BCUT2D eigenvalue weighted by atomic mass is 10.1. The van der Waals surface area contributed by atoms with Gasteiger partial charge in [-0.15, -0.1) is 0 Å². The van der Waals surface area contributed by atoms with E-state index in [1.165, 1.54) is 10.8 Å². The summed E-state index contributed by atoms with van der Waals surface area (Å²) >= 11 is 6.08. The molecule has 0 saturated carbocycles. The van der Waals surface area contributed by atoms with Gasteiger partial charge >= 0.3 is 18.1 Å². The number of carboxylic acid groups (broad SMARTS) is 2. The van der Waals surface area contributed by atoms with Crippen LogP contribution in [0.4, 0.5) is 13.2 Å². The van der Waals surface area contributed by atoms with Crippen molar-refractivity contribution in [3.63, 3.8) is 0 Å². The fraction of sp³-hybridized carbons (Fsp3) is 0.400. The molecule has 1 heterocycles. The lowest BCUT2D eigenvalue weighted by Gasteiger charge is -2.13. The van der Waals surface area contributed by atoms with Crippen LogP contribution in [-0.4, -0.2) is 62.1 Å². The summed E-state index contributed by atoms with van der Waals surface area (Å²) in [6, 6.07) is 7.36. The second-order valence-electron chi connectivity index (χ2n) is 6.84. The number of carboxylic acids is 2. The first-order valence-corrected chi connectivity index (χ1v) is 12.6. The van der Waals surface area contributed by atoms with Crippen LogP contribution in [0.5, 0.6) is 0 Å². The number of carbonyl (C=O) groups is 3. The van der Waals surface area contributed by atoms with Crippen molar-refractivity contribution in [3.8, 4) is 5.69 Å². The molecule has 1 amide bonds. The maximum absolute atomic E-state index is 12.6. The molecule has 0 saturated heterocycles. The van der Waals surface area contributed by atoms with E-state index in [2.05, 4.69) is 10.4 Å². The minimum atomic E-state index is -5.08. The largest absolute Gasteiger partial charge is 0.490 e. The van der Waals surface area contributed by atoms with Crippen molar-refractivity contribution in [1.82, 2.24) is 15.1 Å². The summed E-state index contributed by atoms with van der Waals surface area (Å²) in [6.45, 7) is 4.54. The molecule has 1 aromatic carbocycles. The summed E-state index contributed by atoms with van der Waals surface area (Å²) < 4.78 is 33.5. The highest BCUT2D eigenvalue weighted by Gasteiger charge is 2.38. The van der Waals surface area contributed by atoms with Crippen LogP contribution in [0, 0.1) is 0 Å². The van der Waals surface area contributed by atoms with Crippen molar-refractivity contribution in [1.29, 1.82) is 0 Å². The van der Waals surface area contributed by atoms with Gasteiger partial charge in [-0.3, -0.25) is 9.59 Å². The number of nitrogens with one attached hydrogen (secondary N) is 1. The van der Waals surface area contributed by atoms with E-state index in [1.54, 1.807) is 27.7 Å². The van der Waals surface area contributed by atoms with Gasteiger partial charge in [0, 0.05) is 23.1 Å². The zero-order chi connectivity index (χ0) is 25.9. The van der Waals surface area contributed by atoms with Crippen LogP contribution < -0.4 is 5.32 Å². The lowest BCUT2D eigenvalue weighted by Crippen LogP contribution is -2.26. The highest BCUT2D eigenvalue weighted by molar-refractivity contribution is 8.76. The molecule has 0 fully saturated rings. The third kappa shape index (κ3) is 10.3. The zero-order valence-electron chi connectivity index (χ0n) is 18.1. The Morgan fingerprint density at radius 3 is 2.32 bits per heavy atom. The van der Waals surface area contributed by atoms with Crippen LogP contribution >= 0.6 is 33.2 Å². The van der Waals surface area contributed by atoms with Crippen molar-refractivity contribution in [2.75, 3.05) is 18.1 Å². The van der Waals surface area contributed by atoms with Gasteiger partial charge in [0.25, 0.3) is 5.91 Å². The Kier molecular flexibility index (Phi) is 12.3. The minimum Gasteiger partial charge on any atom is -0.481 e. The highest BCUT2D eigenvalue weighted by atomic mass is 35.5. The van der Waals surface area contributed by atoms with Crippen LogP contribution in [-0.2, 0) is 9.59 Å². The van der Waals surface area contributed by atoms with Gasteiger partial charge in [-0.25, -0.2) is 9.48 Å². The minimum absolute atomic E-state index is 0.105. The third-order valence-corrected chi connectivity index (χ3v) is 6.49. The third-order valence-electron chi connectivity index (χ3n) is 3.85. The molecule has 0 atom stereocenters. The predicted octanol–water partition coefficient (Wildman–Crippen LogP) is 4.87. The van der Waals surface area contributed by atoms with E-state index in [9.17, 15) is 22.8 Å². The SMILES string of the molecule is CC(C)c1c(C(=O)NCCSSCCC(=O)O)cnn1-c1cccc(Cl)c1.O=C(O)C(F)(F)F. The average molecular weight is 542 g/mol. The average Bonchev–Trinajstić information content (AvgIpc) is 3.18. The molecule has 3 N–H and O–H groups in total. The summed E-state index contributed by atoms with van der Waals surface area (Å²) in [5.41, 5.74) is 2.20. The van der Waals surface area contributed by atoms with Crippen molar-refractivity contribution >= 4 is 51.0 Å². The van der Waals surface area contributed by atoms with Crippen molar-refractivity contribution in [2.24, 2.45) is 0 Å². The van der Waals surface area contributed by atoms with Crippen LogP contribution in [0.15, 0.2) is 30.5 Å². The summed E-state index contributed by atoms with van der Waals surface area (Å²) in [5, 5.41) is 23.6. The van der Waals surface area contributed by atoms with Gasteiger partial charge in [0.15, 0.2) is 0 Å². The Balaban J connectivity index is 0.000000718. The van der Waals surface area contributed by atoms with Crippen molar-refractivity contribution < 1.29 is 37.8 Å². The smallest absolute Gasteiger partial charge is 0.481 e. The summed E-state index contributed by atoms with van der Waals surface area (Å²) in [4.78, 5) is 31.9. The molecule has 0 radical (unpaired) electrons. The van der Waals surface area contributed by atoms with Gasteiger partial charge in [0.05, 0.1) is 29.6 Å². The van der Waals surface area contributed by atoms with Gasteiger partial charge in [-0.1, -0.05) is 53.1 Å². The van der Waals surface area contributed by atoms with E-state index in [4.69, 9.17) is 26.6 Å². The van der Waals surface area contributed by atoms with Crippen LogP contribution in [0.3, 0.4) is 0 Å². The summed E-state index contributed by atoms with van der Waals surface area (Å²) in [5.74, 6) is -2.36. The highest BCUT2D eigenvalue weighted by Crippen LogP contribution is 2.25. The van der Waals surface area contributed by atoms with E-state index in [0.29, 0.717) is 28.6 Å². The van der Waals surface area contributed by atoms with Crippen molar-refractivity contribution in [2.45, 2.75) is 32.4 Å². The molecule has 14 heteroatoms. The Labute approximate surface area is 206 Å². The quantitative estimate of drug-likeness (QED) is 0.288. The number of hydrogen-bond acceptors (Lipinski definition) is 6. The number of alkyl halides is 3. The second kappa shape index (κ2) is 14.1. The first kappa shape index (κ1) is 29.7. The van der Waals surface area contributed by atoms with Gasteiger partial charge < -0.3 is 15.5 Å². The lowest BCUT2D eigenvalue weighted by molar-refractivity contribution is -0.192. The second-order valence-corrected chi connectivity index (χ2v) is 9.97. The van der Waals surface area contributed by atoms with Gasteiger partial charge in [0.1, 0.15) is 0 Å². The number of hydrogen-bond donors (Lipinski definition) is 3. The van der Waals surface area contributed by atoms with Gasteiger partial charge in [0.2, 0.25) is 0 Å². The van der Waals surface area contributed by atoms with Crippen LogP contribution in [0.2, 0.25) is 5.02 Å². The topological polar surface area (TPSA) is 122 Å². The maximum atomic E-state index is 12.6. The Morgan fingerprint density at radius 1 is 1.18 bits per heavy atom. The van der Waals surface area contributed by atoms with E-state index in [1.807, 2.05) is 32.0 Å². The normalized spacial score (nSPS) is 11.0. The van der Waals surface area contributed by atoms with E-state index in [0.717, 1.165) is 11.4 Å². The van der Waals surface area contributed by atoms with E-state index >= 15 is 0 Å². The maximum Gasteiger partial charge on any atom is 0.490 e. The Hall–Kier alpha value is -2.38. The molecule has 2 aromatic rings. The monoisotopic (exact) mass is 541 g/mol. The number of nitrogens with zero attached hydrogens (tertiary/aromatic N) is 2. The summed E-state index contributed by atoms with van der Waals surface area (Å²) in [7, 11) is 3.05. The Bertz CT molecular complexity index is 987. The molecule has 1 aromatic heterocycles. The van der Waals surface area contributed by atoms with Crippen molar-refractivity contribution in [3.05, 3.63) is 46.7 Å². The van der Waals surface area contributed by atoms with Gasteiger partial charge in [-0.2, -0.15) is 18.3 Å². The molecule has 2 rings (SSSR count).